The summed E-state index contributed by atoms with van der Waals surface area (Å²) in [4.78, 5) is 40.7. The molecule has 25 heavy (non-hydrogen) atoms. The third-order valence-electron chi connectivity index (χ3n) is 3.82. The predicted octanol–water partition coefficient (Wildman–Crippen LogP) is 0.866. The summed E-state index contributed by atoms with van der Waals surface area (Å²) < 4.78 is 2.22. The first-order valence-corrected chi connectivity index (χ1v) is 7.37. The molecule has 0 unspecified atom stereocenters. The zero-order chi connectivity index (χ0) is 18.1. The van der Waals surface area contributed by atoms with Gasteiger partial charge in [0.15, 0.2) is 0 Å². The van der Waals surface area contributed by atoms with Crippen molar-refractivity contribution in [2.24, 2.45) is 14.1 Å². The molecule has 0 radical (unpaired) electrons. The summed E-state index contributed by atoms with van der Waals surface area (Å²) in [5.74, 6) is 2.02. The molecular weight excluding hydrogens is 320 g/mol. The zero-order valence-electron chi connectivity index (χ0n) is 13.6. The first kappa shape index (κ1) is 16.2. The molecule has 3 aromatic rings. The average Bonchev–Trinajstić information content (AvgIpc) is 2.64. The second-order valence-corrected chi connectivity index (χ2v) is 5.45. The van der Waals surface area contributed by atoms with E-state index in [-0.39, 0.29) is 16.7 Å². The summed E-state index contributed by atoms with van der Waals surface area (Å²) in [6.45, 7) is 0. The highest BCUT2D eigenvalue weighted by Gasteiger charge is 2.14. The highest BCUT2D eigenvalue weighted by atomic mass is 16.2. The number of aromatic nitrogens is 3. The average molecular weight is 334 g/mol. The van der Waals surface area contributed by atoms with Crippen molar-refractivity contribution >= 4 is 22.6 Å². The first-order valence-electron chi connectivity index (χ1n) is 7.37. The van der Waals surface area contributed by atoms with Crippen LogP contribution in [-0.4, -0.2) is 20.0 Å². The van der Waals surface area contributed by atoms with Gasteiger partial charge in [0.05, 0.1) is 5.39 Å². The Bertz CT molecular complexity index is 1170. The molecule has 0 saturated heterocycles. The Morgan fingerprint density at radius 2 is 1.92 bits per heavy atom. The monoisotopic (exact) mass is 334 g/mol. The lowest BCUT2D eigenvalue weighted by Gasteiger charge is -2.09. The van der Waals surface area contributed by atoms with Crippen LogP contribution in [0.1, 0.15) is 16.1 Å². The summed E-state index contributed by atoms with van der Waals surface area (Å²) in [5.41, 5.74) is 0.430. The predicted molar refractivity (Wildman–Crippen MR) is 94.6 cm³/mol. The van der Waals surface area contributed by atoms with Crippen LogP contribution in [0.4, 0.5) is 5.69 Å². The number of benzene rings is 1. The number of terminal acetylenes is 1. The van der Waals surface area contributed by atoms with E-state index < -0.39 is 17.2 Å². The molecular formula is C18H14N4O3. The van der Waals surface area contributed by atoms with E-state index in [1.54, 1.807) is 24.3 Å². The molecule has 0 aliphatic carbocycles. The normalized spacial score (nSPS) is 10.4. The van der Waals surface area contributed by atoms with E-state index >= 15 is 0 Å². The van der Waals surface area contributed by atoms with Crippen molar-refractivity contribution in [3.05, 3.63) is 68.5 Å². The Labute approximate surface area is 142 Å². The van der Waals surface area contributed by atoms with Gasteiger partial charge in [-0.1, -0.05) is 12.0 Å². The number of anilines is 1. The van der Waals surface area contributed by atoms with Crippen LogP contribution in [-0.2, 0) is 14.1 Å². The van der Waals surface area contributed by atoms with Crippen LogP contribution < -0.4 is 16.6 Å². The van der Waals surface area contributed by atoms with Crippen molar-refractivity contribution in [3.8, 4) is 12.3 Å². The van der Waals surface area contributed by atoms with Crippen LogP contribution in [0.25, 0.3) is 11.0 Å². The fourth-order valence-electron chi connectivity index (χ4n) is 2.46. The lowest BCUT2D eigenvalue weighted by Crippen LogP contribution is -2.37. The summed E-state index contributed by atoms with van der Waals surface area (Å²) in [6, 6.07) is 9.75. The number of carbonyl (C=O) groups is 1. The van der Waals surface area contributed by atoms with E-state index in [1.165, 1.54) is 30.8 Å². The van der Waals surface area contributed by atoms with Gasteiger partial charge in [0.1, 0.15) is 11.3 Å². The van der Waals surface area contributed by atoms with Crippen LogP contribution in [0.3, 0.4) is 0 Å². The summed E-state index contributed by atoms with van der Waals surface area (Å²) in [6.07, 6.45) is 5.34. The molecule has 0 saturated carbocycles. The number of carbonyl (C=O) groups excluding carboxylic acids is 1. The number of hydrogen-bond donors (Lipinski definition) is 1. The van der Waals surface area contributed by atoms with Crippen molar-refractivity contribution in [2.75, 3.05) is 5.32 Å². The van der Waals surface area contributed by atoms with Gasteiger partial charge >= 0.3 is 5.69 Å². The summed E-state index contributed by atoms with van der Waals surface area (Å²) >= 11 is 0. The van der Waals surface area contributed by atoms with E-state index in [1.807, 2.05) is 0 Å². The third kappa shape index (κ3) is 2.81. The molecule has 124 valence electrons. The minimum Gasteiger partial charge on any atom is -0.321 e. The van der Waals surface area contributed by atoms with Gasteiger partial charge in [0.25, 0.3) is 11.5 Å². The number of nitrogens with one attached hydrogen (secondary N) is 1. The SMILES string of the molecule is C#Cc1cccc(NC(=O)c2ccc3c(=O)n(C)c(=O)n(C)c3n2)c1. The van der Waals surface area contributed by atoms with Crippen molar-refractivity contribution in [1.29, 1.82) is 0 Å². The fourth-order valence-corrected chi connectivity index (χ4v) is 2.46. The third-order valence-corrected chi connectivity index (χ3v) is 3.82. The summed E-state index contributed by atoms with van der Waals surface area (Å²) in [7, 11) is 2.89. The Kier molecular flexibility index (Phi) is 3.95. The van der Waals surface area contributed by atoms with Gasteiger partial charge in [-0.25, -0.2) is 9.78 Å². The molecule has 0 fully saturated rings. The van der Waals surface area contributed by atoms with Crippen LogP contribution in [0.15, 0.2) is 46.0 Å². The maximum Gasteiger partial charge on any atom is 0.332 e. The molecule has 1 amide bonds. The molecule has 3 rings (SSSR count). The number of rotatable bonds is 2. The molecule has 0 atom stereocenters. The maximum atomic E-state index is 12.4. The van der Waals surface area contributed by atoms with Crippen LogP contribution >= 0.6 is 0 Å². The second kappa shape index (κ2) is 6.09. The summed E-state index contributed by atoms with van der Waals surface area (Å²) in [5, 5.41) is 2.95. The lowest BCUT2D eigenvalue weighted by atomic mass is 10.2. The molecule has 1 N–H and O–H groups in total. The Hall–Kier alpha value is -3.66. The lowest BCUT2D eigenvalue weighted by molar-refractivity contribution is 0.102. The molecule has 7 nitrogen and oxygen atoms in total. The highest BCUT2D eigenvalue weighted by molar-refractivity contribution is 6.03. The molecule has 0 aliphatic rings. The molecule has 0 spiro atoms. The molecule has 0 aliphatic heterocycles. The number of aryl methyl sites for hydroxylation is 1. The zero-order valence-corrected chi connectivity index (χ0v) is 13.6. The van der Waals surface area contributed by atoms with Gasteiger partial charge in [-0.05, 0) is 30.3 Å². The van der Waals surface area contributed by atoms with Crippen molar-refractivity contribution in [2.45, 2.75) is 0 Å². The van der Waals surface area contributed by atoms with E-state index in [2.05, 4.69) is 16.2 Å². The quantitative estimate of drug-likeness (QED) is 0.705. The molecule has 1 aromatic carbocycles. The first-order chi connectivity index (χ1) is 11.9. The van der Waals surface area contributed by atoms with Gasteiger partial charge < -0.3 is 5.32 Å². The van der Waals surface area contributed by atoms with Crippen molar-refractivity contribution in [3.63, 3.8) is 0 Å². The Balaban J connectivity index is 2.04. The Morgan fingerprint density at radius 3 is 2.64 bits per heavy atom. The number of nitrogens with zero attached hydrogens (tertiary/aromatic N) is 3. The van der Waals surface area contributed by atoms with Crippen molar-refractivity contribution in [1.82, 2.24) is 14.1 Å². The maximum absolute atomic E-state index is 12.4. The highest BCUT2D eigenvalue weighted by Crippen LogP contribution is 2.12. The number of fused-ring (bicyclic) bond motifs is 1. The minimum atomic E-state index is -0.510. The smallest absolute Gasteiger partial charge is 0.321 e. The number of amides is 1. The van der Waals surface area contributed by atoms with Crippen LogP contribution in [0, 0.1) is 12.3 Å². The van der Waals surface area contributed by atoms with Crippen LogP contribution in [0.5, 0.6) is 0 Å². The van der Waals surface area contributed by atoms with Gasteiger partial charge in [0, 0.05) is 25.3 Å². The standard InChI is InChI=1S/C18H14N4O3/c1-4-11-6-5-7-12(10-11)19-16(23)14-9-8-13-15(20-14)21(2)18(25)22(3)17(13)24/h1,5-10H,2-3H3,(H,19,23). The minimum absolute atomic E-state index is 0.0851. The van der Waals surface area contributed by atoms with Crippen LogP contribution in [0.2, 0.25) is 0 Å². The van der Waals surface area contributed by atoms with Gasteiger partial charge in [-0.15, -0.1) is 6.42 Å². The van der Waals surface area contributed by atoms with Gasteiger partial charge in [0.2, 0.25) is 0 Å². The van der Waals surface area contributed by atoms with Gasteiger partial charge in [-0.3, -0.25) is 18.7 Å². The van der Waals surface area contributed by atoms with E-state index in [0.717, 1.165) is 4.57 Å². The molecule has 7 heteroatoms. The van der Waals surface area contributed by atoms with E-state index in [0.29, 0.717) is 11.3 Å². The Morgan fingerprint density at radius 1 is 1.16 bits per heavy atom. The largest absolute Gasteiger partial charge is 0.332 e. The molecule has 0 bridgehead atoms. The van der Waals surface area contributed by atoms with E-state index in [4.69, 9.17) is 6.42 Å². The number of hydrogen-bond acceptors (Lipinski definition) is 4. The molecule has 2 aromatic heterocycles. The topological polar surface area (TPSA) is 86.0 Å². The fraction of sp³-hybridized carbons (Fsp3) is 0.111. The number of pyridine rings is 1. The van der Waals surface area contributed by atoms with Gasteiger partial charge in [-0.2, -0.15) is 0 Å². The van der Waals surface area contributed by atoms with Crippen molar-refractivity contribution < 1.29 is 4.79 Å². The molecule has 2 heterocycles. The van der Waals surface area contributed by atoms with E-state index in [9.17, 15) is 14.4 Å². The second-order valence-electron chi connectivity index (χ2n) is 5.45.